The Morgan fingerprint density at radius 2 is 2.08 bits per heavy atom. The number of nitrogens with zero attached hydrogens (tertiary/aromatic N) is 1. The maximum atomic E-state index is 9.58. The van der Waals surface area contributed by atoms with E-state index in [1.54, 1.807) is 32.0 Å². The highest BCUT2D eigenvalue weighted by atomic mass is 35.5. The first-order valence-corrected chi connectivity index (χ1v) is 4.26. The Morgan fingerprint density at radius 3 is 2.62 bits per heavy atom. The summed E-state index contributed by atoms with van der Waals surface area (Å²) in [4.78, 5) is 0. The van der Waals surface area contributed by atoms with Crippen molar-refractivity contribution in [3.8, 4) is 11.8 Å². The summed E-state index contributed by atoms with van der Waals surface area (Å²) in [5.74, 6) is -0.00397. The molecule has 1 aromatic rings. The zero-order chi connectivity index (χ0) is 10.1. The highest BCUT2D eigenvalue weighted by molar-refractivity contribution is 6.32. The molecule has 0 radical (unpaired) electrons. The molecule has 0 spiro atoms. The van der Waals surface area contributed by atoms with E-state index in [1.807, 2.05) is 0 Å². The Morgan fingerprint density at radius 1 is 1.46 bits per heavy atom. The van der Waals surface area contributed by atoms with Crippen molar-refractivity contribution in [1.29, 1.82) is 5.26 Å². The predicted molar refractivity (Wildman–Crippen MR) is 51.8 cm³/mol. The maximum absolute atomic E-state index is 9.58. The average molecular weight is 196 g/mol. The smallest absolute Gasteiger partial charge is 0.138 e. The Hall–Kier alpha value is -1.20. The van der Waals surface area contributed by atoms with Gasteiger partial charge in [0.15, 0.2) is 0 Å². The predicted octanol–water partition coefficient (Wildman–Crippen LogP) is 2.85. The van der Waals surface area contributed by atoms with Crippen LogP contribution in [0.3, 0.4) is 0 Å². The molecule has 2 nitrogen and oxygen atoms in total. The van der Waals surface area contributed by atoms with Gasteiger partial charge in [-0.05, 0) is 19.9 Å². The second-order valence-electron chi connectivity index (χ2n) is 3.37. The molecule has 68 valence electrons. The van der Waals surface area contributed by atoms with E-state index in [-0.39, 0.29) is 10.8 Å². The largest absolute Gasteiger partial charge is 0.506 e. The van der Waals surface area contributed by atoms with Crippen molar-refractivity contribution >= 4 is 11.6 Å². The molecule has 0 aliphatic carbocycles. The van der Waals surface area contributed by atoms with Crippen molar-refractivity contribution in [2.24, 2.45) is 0 Å². The molecule has 0 aliphatic heterocycles. The summed E-state index contributed by atoms with van der Waals surface area (Å²) in [6.45, 7) is 3.47. The second kappa shape index (κ2) is 3.27. The second-order valence-corrected chi connectivity index (χ2v) is 3.78. The molecule has 1 N–H and O–H groups in total. The van der Waals surface area contributed by atoms with Gasteiger partial charge in [-0.3, -0.25) is 0 Å². The van der Waals surface area contributed by atoms with Gasteiger partial charge in [0.25, 0.3) is 0 Å². The van der Waals surface area contributed by atoms with Gasteiger partial charge >= 0.3 is 0 Å². The van der Waals surface area contributed by atoms with Gasteiger partial charge in [0, 0.05) is 5.56 Å². The highest BCUT2D eigenvalue weighted by Crippen LogP contribution is 2.35. The van der Waals surface area contributed by atoms with Gasteiger partial charge in [-0.25, -0.2) is 0 Å². The Bertz CT molecular complexity index is 366. The van der Waals surface area contributed by atoms with Crippen LogP contribution in [0.1, 0.15) is 19.4 Å². The number of benzene rings is 1. The highest BCUT2D eigenvalue weighted by Gasteiger charge is 2.24. The third-order valence-corrected chi connectivity index (χ3v) is 2.24. The van der Waals surface area contributed by atoms with Gasteiger partial charge < -0.3 is 5.11 Å². The fourth-order valence-corrected chi connectivity index (χ4v) is 1.25. The van der Waals surface area contributed by atoms with Crippen LogP contribution in [0, 0.1) is 11.3 Å². The SMILES string of the molecule is CC(C)(C#N)c1cccc(Cl)c1O. The molecule has 0 unspecified atom stereocenters. The Balaban J connectivity index is 3.33. The van der Waals surface area contributed by atoms with Crippen LogP contribution in [-0.2, 0) is 5.41 Å². The van der Waals surface area contributed by atoms with Gasteiger partial charge in [0.05, 0.1) is 16.5 Å². The molecule has 3 heteroatoms. The van der Waals surface area contributed by atoms with Gasteiger partial charge in [0.1, 0.15) is 5.75 Å². The molecule has 0 aromatic heterocycles. The number of hydrogen-bond acceptors (Lipinski definition) is 2. The van der Waals surface area contributed by atoms with Crippen LogP contribution in [0.2, 0.25) is 5.02 Å². The normalized spacial score (nSPS) is 10.9. The topological polar surface area (TPSA) is 44.0 Å². The molecule has 0 bridgehead atoms. The van der Waals surface area contributed by atoms with Crippen molar-refractivity contribution < 1.29 is 5.11 Å². The Kier molecular flexibility index (Phi) is 2.49. The van der Waals surface area contributed by atoms with E-state index >= 15 is 0 Å². The van der Waals surface area contributed by atoms with Crippen molar-refractivity contribution in [3.05, 3.63) is 28.8 Å². The molecule has 0 atom stereocenters. The number of hydrogen-bond donors (Lipinski definition) is 1. The number of phenolic OH excluding ortho intramolecular Hbond substituents is 1. The van der Waals surface area contributed by atoms with Crippen LogP contribution in [0.4, 0.5) is 0 Å². The van der Waals surface area contributed by atoms with Gasteiger partial charge in [-0.1, -0.05) is 23.7 Å². The average Bonchev–Trinajstić information content (AvgIpc) is 2.09. The van der Waals surface area contributed by atoms with E-state index in [1.165, 1.54) is 0 Å². The lowest BCUT2D eigenvalue weighted by atomic mass is 9.86. The van der Waals surface area contributed by atoms with Crippen molar-refractivity contribution in [1.82, 2.24) is 0 Å². The van der Waals surface area contributed by atoms with Crippen LogP contribution >= 0.6 is 11.6 Å². The summed E-state index contributed by atoms with van der Waals surface area (Å²) >= 11 is 5.72. The van der Waals surface area contributed by atoms with E-state index in [0.717, 1.165) is 0 Å². The summed E-state index contributed by atoms with van der Waals surface area (Å²) < 4.78 is 0. The molecular weight excluding hydrogens is 186 g/mol. The molecule has 0 saturated carbocycles. The molecule has 1 aromatic carbocycles. The fraction of sp³-hybridized carbons (Fsp3) is 0.300. The minimum atomic E-state index is -0.713. The number of rotatable bonds is 1. The molecule has 0 fully saturated rings. The fourth-order valence-electron chi connectivity index (χ4n) is 1.08. The summed E-state index contributed by atoms with van der Waals surface area (Å²) in [7, 11) is 0. The molecule has 0 heterocycles. The maximum Gasteiger partial charge on any atom is 0.138 e. The van der Waals surface area contributed by atoms with Crippen molar-refractivity contribution in [2.75, 3.05) is 0 Å². The van der Waals surface area contributed by atoms with Crippen LogP contribution in [0.5, 0.6) is 5.75 Å². The first kappa shape index (κ1) is 9.88. The minimum absolute atomic E-state index is 0.00397. The minimum Gasteiger partial charge on any atom is -0.506 e. The summed E-state index contributed by atoms with van der Waals surface area (Å²) in [5.41, 5.74) is -0.155. The quantitative estimate of drug-likeness (QED) is 0.749. The van der Waals surface area contributed by atoms with E-state index in [2.05, 4.69) is 6.07 Å². The monoisotopic (exact) mass is 195 g/mol. The lowest BCUT2D eigenvalue weighted by Crippen LogP contribution is -2.13. The van der Waals surface area contributed by atoms with Crippen LogP contribution in [0.15, 0.2) is 18.2 Å². The van der Waals surface area contributed by atoms with Crippen molar-refractivity contribution in [2.45, 2.75) is 19.3 Å². The number of para-hydroxylation sites is 1. The van der Waals surface area contributed by atoms with Crippen LogP contribution in [-0.4, -0.2) is 5.11 Å². The summed E-state index contributed by atoms with van der Waals surface area (Å²) in [5, 5.41) is 18.7. The van der Waals surface area contributed by atoms with Gasteiger partial charge in [0.2, 0.25) is 0 Å². The molecule has 13 heavy (non-hydrogen) atoms. The Labute approximate surface area is 82.4 Å². The number of nitriles is 1. The number of halogens is 1. The summed E-state index contributed by atoms with van der Waals surface area (Å²) in [6.07, 6.45) is 0. The lowest BCUT2D eigenvalue weighted by molar-refractivity contribution is 0.457. The van der Waals surface area contributed by atoms with Crippen LogP contribution < -0.4 is 0 Å². The molecule has 0 saturated heterocycles. The standard InChI is InChI=1S/C10H10ClNO/c1-10(2,6-12)7-4-3-5-8(11)9(7)13/h3-5,13H,1-2H3. The first-order valence-electron chi connectivity index (χ1n) is 3.88. The molecular formula is C10H10ClNO. The third-order valence-electron chi connectivity index (χ3n) is 1.94. The zero-order valence-electron chi connectivity index (χ0n) is 7.50. The number of phenols is 1. The van der Waals surface area contributed by atoms with Gasteiger partial charge in [-0.15, -0.1) is 0 Å². The zero-order valence-corrected chi connectivity index (χ0v) is 8.26. The van der Waals surface area contributed by atoms with E-state index in [9.17, 15) is 5.11 Å². The first-order chi connectivity index (χ1) is 5.99. The summed E-state index contributed by atoms with van der Waals surface area (Å²) in [6, 6.07) is 7.12. The molecule has 0 amide bonds. The van der Waals surface area contributed by atoms with Crippen molar-refractivity contribution in [3.63, 3.8) is 0 Å². The molecule has 0 aliphatic rings. The van der Waals surface area contributed by atoms with Gasteiger partial charge in [-0.2, -0.15) is 5.26 Å². The number of aromatic hydroxyl groups is 1. The van der Waals surface area contributed by atoms with Crippen LogP contribution in [0.25, 0.3) is 0 Å². The van der Waals surface area contributed by atoms with E-state index in [0.29, 0.717) is 5.56 Å². The lowest BCUT2D eigenvalue weighted by Gasteiger charge is -2.17. The van der Waals surface area contributed by atoms with E-state index in [4.69, 9.17) is 16.9 Å². The van der Waals surface area contributed by atoms with E-state index < -0.39 is 5.41 Å². The molecule has 1 rings (SSSR count). The third kappa shape index (κ3) is 1.76.